The van der Waals surface area contributed by atoms with Crippen molar-refractivity contribution >= 4 is 17.4 Å². The van der Waals surface area contributed by atoms with Crippen molar-refractivity contribution in [1.82, 2.24) is 4.98 Å². The number of rotatable bonds is 3. The third kappa shape index (κ3) is 2.53. The van der Waals surface area contributed by atoms with E-state index in [1.807, 2.05) is 5.38 Å². The topological polar surface area (TPSA) is 33.1 Å². The summed E-state index contributed by atoms with van der Waals surface area (Å²) in [4.78, 5) is 4.35. The fourth-order valence-electron chi connectivity index (χ4n) is 1.27. The number of aliphatic hydroxyl groups is 1. The third-order valence-corrected chi connectivity index (χ3v) is 2.84. The van der Waals surface area contributed by atoms with Gasteiger partial charge in [-0.1, -0.05) is 6.08 Å². The Morgan fingerprint density at radius 2 is 2.06 bits per heavy atom. The summed E-state index contributed by atoms with van der Waals surface area (Å²) in [6.07, 6.45) is 3.39. The van der Waals surface area contributed by atoms with Gasteiger partial charge in [-0.15, -0.1) is 11.3 Å². The average molecular weight is 235 g/mol. The van der Waals surface area contributed by atoms with E-state index >= 15 is 0 Å². The molecule has 0 bridgehead atoms. The van der Waals surface area contributed by atoms with Gasteiger partial charge in [0.2, 0.25) is 0 Å². The fraction of sp³-hybridized carbons (Fsp3) is 0.0833. The minimum absolute atomic E-state index is 0.00542. The van der Waals surface area contributed by atoms with Crippen molar-refractivity contribution in [1.29, 1.82) is 0 Å². The summed E-state index contributed by atoms with van der Waals surface area (Å²) in [5.74, 6) is -0.251. The molecule has 0 atom stereocenters. The standard InChI is InChI=1S/C12H10FNOS/c13-10-5-3-9(4-6-10)11-8-16-12(14-11)2-1-7-15/h1-6,8,15H,7H2. The average Bonchev–Trinajstić information content (AvgIpc) is 2.76. The highest BCUT2D eigenvalue weighted by molar-refractivity contribution is 7.10. The lowest BCUT2D eigenvalue weighted by atomic mass is 10.2. The molecule has 0 unspecified atom stereocenters. The van der Waals surface area contributed by atoms with E-state index in [-0.39, 0.29) is 12.4 Å². The molecule has 0 spiro atoms. The Balaban J connectivity index is 2.24. The van der Waals surface area contributed by atoms with Gasteiger partial charge in [-0.05, 0) is 30.3 Å². The van der Waals surface area contributed by atoms with Gasteiger partial charge in [0.05, 0.1) is 12.3 Å². The monoisotopic (exact) mass is 235 g/mol. The minimum Gasteiger partial charge on any atom is -0.392 e. The molecule has 0 aliphatic heterocycles. The summed E-state index contributed by atoms with van der Waals surface area (Å²) in [6, 6.07) is 6.23. The van der Waals surface area contributed by atoms with E-state index in [9.17, 15) is 4.39 Å². The van der Waals surface area contributed by atoms with Crippen LogP contribution in [0.5, 0.6) is 0 Å². The Morgan fingerprint density at radius 1 is 1.31 bits per heavy atom. The molecule has 0 saturated heterocycles. The molecule has 1 aromatic carbocycles. The predicted molar refractivity (Wildman–Crippen MR) is 63.6 cm³/mol. The van der Waals surface area contributed by atoms with Crippen LogP contribution in [-0.2, 0) is 0 Å². The van der Waals surface area contributed by atoms with Crippen molar-refractivity contribution in [3.8, 4) is 11.3 Å². The molecule has 1 heterocycles. The molecule has 0 radical (unpaired) electrons. The first-order chi connectivity index (χ1) is 7.79. The van der Waals surface area contributed by atoms with E-state index in [4.69, 9.17) is 5.11 Å². The predicted octanol–water partition coefficient (Wildman–Crippen LogP) is 2.95. The van der Waals surface area contributed by atoms with Crippen LogP contribution in [0.3, 0.4) is 0 Å². The molecule has 1 N–H and O–H groups in total. The van der Waals surface area contributed by atoms with E-state index < -0.39 is 0 Å². The van der Waals surface area contributed by atoms with Crippen LogP contribution in [0.1, 0.15) is 5.01 Å². The van der Waals surface area contributed by atoms with Crippen molar-refractivity contribution in [2.75, 3.05) is 6.61 Å². The zero-order valence-electron chi connectivity index (χ0n) is 8.43. The second-order valence-corrected chi connectivity index (χ2v) is 4.05. The zero-order valence-corrected chi connectivity index (χ0v) is 9.25. The number of aliphatic hydroxyl groups excluding tert-OH is 1. The van der Waals surface area contributed by atoms with Crippen LogP contribution in [0.4, 0.5) is 4.39 Å². The highest BCUT2D eigenvalue weighted by Crippen LogP contribution is 2.22. The molecule has 16 heavy (non-hydrogen) atoms. The molecule has 2 aromatic rings. The molecule has 4 heteroatoms. The molecular formula is C12H10FNOS. The van der Waals surface area contributed by atoms with Crippen molar-refractivity contribution < 1.29 is 9.50 Å². The second-order valence-electron chi connectivity index (χ2n) is 3.16. The van der Waals surface area contributed by atoms with Gasteiger partial charge in [0.1, 0.15) is 10.8 Å². The molecule has 2 nitrogen and oxygen atoms in total. The van der Waals surface area contributed by atoms with Gasteiger partial charge in [0, 0.05) is 10.9 Å². The molecule has 0 aliphatic carbocycles. The fourth-order valence-corrected chi connectivity index (χ4v) is 2.02. The summed E-state index contributed by atoms with van der Waals surface area (Å²) in [6.45, 7) is 0.00542. The number of benzene rings is 1. The molecule has 82 valence electrons. The first-order valence-corrected chi connectivity index (χ1v) is 5.66. The van der Waals surface area contributed by atoms with E-state index in [0.29, 0.717) is 0 Å². The number of halogens is 1. The van der Waals surface area contributed by atoms with Gasteiger partial charge < -0.3 is 5.11 Å². The SMILES string of the molecule is OCC=Cc1nc(-c2ccc(F)cc2)cs1. The van der Waals surface area contributed by atoms with Crippen LogP contribution in [0.15, 0.2) is 35.7 Å². The lowest BCUT2D eigenvalue weighted by molar-refractivity contribution is 0.343. The summed E-state index contributed by atoms with van der Waals surface area (Å²) >= 11 is 1.49. The highest BCUT2D eigenvalue weighted by atomic mass is 32.1. The Morgan fingerprint density at radius 3 is 2.75 bits per heavy atom. The quantitative estimate of drug-likeness (QED) is 0.887. The lowest BCUT2D eigenvalue weighted by Gasteiger charge is -1.94. The second kappa shape index (κ2) is 5.01. The summed E-state index contributed by atoms with van der Waals surface area (Å²) in [5, 5.41) is 11.4. The number of aromatic nitrogens is 1. The van der Waals surface area contributed by atoms with Crippen LogP contribution in [0.25, 0.3) is 17.3 Å². The van der Waals surface area contributed by atoms with Crippen molar-refractivity contribution in [3.63, 3.8) is 0 Å². The summed E-state index contributed by atoms with van der Waals surface area (Å²) < 4.78 is 12.7. The number of hydrogen-bond acceptors (Lipinski definition) is 3. The maximum Gasteiger partial charge on any atom is 0.123 e. The molecule has 2 rings (SSSR count). The molecule has 0 amide bonds. The smallest absolute Gasteiger partial charge is 0.123 e. The van der Waals surface area contributed by atoms with Crippen molar-refractivity contribution in [2.45, 2.75) is 0 Å². The molecule has 0 saturated carbocycles. The van der Waals surface area contributed by atoms with Crippen LogP contribution in [-0.4, -0.2) is 16.7 Å². The Labute approximate surface area is 96.7 Å². The first kappa shape index (κ1) is 11.0. The van der Waals surface area contributed by atoms with Crippen LogP contribution in [0, 0.1) is 5.82 Å². The number of thiazole rings is 1. The third-order valence-electron chi connectivity index (χ3n) is 2.03. The van der Waals surface area contributed by atoms with E-state index in [2.05, 4.69) is 4.98 Å². The Kier molecular flexibility index (Phi) is 3.44. The maximum atomic E-state index is 12.7. The van der Waals surface area contributed by atoms with Gasteiger partial charge in [-0.2, -0.15) is 0 Å². The lowest BCUT2D eigenvalue weighted by Crippen LogP contribution is -1.79. The molecule has 0 fully saturated rings. The van der Waals surface area contributed by atoms with Gasteiger partial charge in [-0.25, -0.2) is 9.37 Å². The molecule has 0 aliphatic rings. The summed E-state index contributed by atoms with van der Waals surface area (Å²) in [5.41, 5.74) is 1.71. The van der Waals surface area contributed by atoms with E-state index in [1.54, 1.807) is 24.3 Å². The van der Waals surface area contributed by atoms with Gasteiger partial charge in [-0.3, -0.25) is 0 Å². The van der Waals surface area contributed by atoms with Gasteiger partial charge in [0.15, 0.2) is 0 Å². The van der Waals surface area contributed by atoms with Crippen molar-refractivity contribution in [3.05, 3.63) is 46.5 Å². The maximum absolute atomic E-state index is 12.7. The minimum atomic E-state index is -0.251. The Hall–Kier alpha value is -1.52. The Bertz CT molecular complexity index is 490. The van der Waals surface area contributed by atoms with Crippen LogP contribution >= 0.6 is 11.3 Å². The normalized spacial score (nSPS) is 11.1. The van der Waals surface area contributed by atoms with Crippen LogP contribution < -0.4 is 0 Å². The zero-order chi connectivity index (χ0) is 11.4. The number of hydrogen-bond donors (Lipinski definition) is 1. The van der Waals surface area contributed by atoms with Gasteiger partial charge in [0.25, 0.3) is 0 Å². The highest BCUT2D eigenvalue weighted by Gasteiger charge is 2.02. The van der Waals surface area contributed by atoms with E-state index in [0.717, 1.165) is 16.3 Å². The molecule has 1 aromatic heterocycles. The number of nitrogens with zero attached hydrogens (tertiary/aromatic N) is 1. The largest absolute Gasteiger partial charge is 0.392 e. The van der Waals surface area contributed by atoms with Crippen LogP contribution in [0.2, 0.25) is 0 Å². The first-order valence-electron chi connectivity index (χ1n) is 4.78. The molecular weight excluding hydrogens is 225 g/mol. The van der Waals surface area contributed by atoms with E-state index in [1.165, 1.54) is 23.5 Å². The van der Waals surface area contributed by atoms with Gasteiger partial charge >= 0.3 is 0 Å². The summed E-state index contributed by atoms with van der Waals surface area (Å²) in [7, 11) is 0. The van der Waals surface area contributed by atoms with Crippen molar-refractivity contribution in [2.24, 2.45) is 0 Å².